The van der Waals surface area contributed by atoms with Crippen molar-refractivity contribution in [3.8, 4) is 0 Å². The quantitative estimate of drug-likeness (QED) is 0.558. The number of carbonyl (C=O) groups excluding carboxylic acids is 2. The lowest BCUT2D eigenvalue weighted by atomic mass is 10.2. The summed E-state index contributed by atoms with van der Waals surface area (Å²) in [5.74, 6) is -0.0756. The van der Waals surface area contributed by atoms with Crippen LogP contribution in [0.2, 0.25) is 0 Å². The Bertz CT molecular complexity index is 780. The van der Waals surface area contributed by atoms with Crippen LogP contribution in [0.5, 0.6) is 0 Å². The van der Waals surface area contributed by atoms with Gasteiger partial charge >= 0.3 is 5.00 Å². The number of aryl methyl sites for hydroxylation is 1. The third-order valence-electron chi connectivity index (χ3n) is 4.30. The Hall–Kier alpha value is -2.26. The second-order valence-electron chi connectivity index (χ2n) is 6.00. The van der Waals surface area contributed by atoms with E-state index in [1.165, 1.54) is 17.0 Å². The van der Waals surface area contributed by atoms with Crippen LogP contribution in [-0.4, -0.2) is 52.7 Å². The number of nitro groups is 1. The van der Waals surface area contributed by atoms with E-state index in [9.17, 15) is 19.7 Å². The van der Waals surface area contributed by atoms with E-state index >= 15 is 0 Å². The molecule has 1 fully saturated rings. The number of amides is 2. The normalized spacial score (nSPS) is 14.5. The van der Waals surface area contributed by atoms with Crippen LogP contribution in [0.3, 0.4) is 0 Å². The smallest absolute Gasteiger partial charge is 0.324 e. The van der Waals surface area contributed by atoms with E-state index in [2.05, 4.69) is 6.07 Å². The molecule has 0 saturated carbocycles. The number of piperazine rings is 1. The fourth-order valence-electron chi connectivity index (χ4n) is 2.88. The van der Waals surface area contributed by atoms with Gasteiger partial charge in [0.2, 0.25) is 5.91 Å². The summed E-state index contributed by atoms with van der Waals surface area (Å²) in [7, 11) is 0. The molecule has 0 spiro atoms. The molecule has 0 aromatic carbocycles. The van der Waals surface area contributed by atoms with Gasteiger partial charge in [0, 0.05) is 43.5 Å². The molecule has 2 aromatic heterocycles. The van der Waals surface area contributed by atoms with Gasteiger partial charge in [-0.05, 0) is 30.4 Å². The predicted octanol–water partition coefficient (Wildman–Crippen LogP) is 3.03. The Morgan fingerprint density at radius 3 is 2.46 bits per heavy atom. The second kappa shape index (κ2) is 8.41. The van der Waals surface area contributed by atoms with Crippen molar-refractivity contribution in [2.45, 2.75) is 19.3 Å². The first-order chi connectivity index (χ1) is 12.5. The van der Waals surface area contributed by atoms with Gasteiger partial charge in [-0.3, -0.25) is 19.7 Å². The first-order valence-corrected chi connectivity index (χ1v) is 10.1. The summed E-state index contributed by atoms with van der Waals surface area (Å²) >= 11 is 2.59. The van der Waals surface area contributed by atoms with E-state index in [-0.39, 0.29) is 16.8 Å². The molecule has 1 aliphatic rings. The molecular formula is C17H19N3O4S2. The summed E-state index contributed by atoms with van der Waals surface area (Å²) in [5.41, 5.74) is 0. The fourth-order valence-corrected chi connectivity index (χ4v) is 4.42. The molecule has 9 heteroatoms. The van der Waals surface area contributed by atoms with E-state index in [1.807, 2.05) is 11.4 Å². The van der Waals surface area contributed by atoms with Crippen LogP contribution in [0.15, 0.2) is 29.6 Å². The zero-order valence-electron chi connectivity index (χ0n) is 14.1. The minimum atomic E-state index is -0.492. The molecule has 3 heterocycles. The van der Waals surface area contributed by atoms with Crippen LogP contribution in [0.1, 0.15) is 27.4 Å². The molecule has 0 N–H and O–H groups in total. The molecule has 0 aliphatic carbocycles. The van der Waals surface area contributed by atoms with E-state index in [1.54, 1.807) is 21.1 Å². The Morgan fingerprint density at radius 2 is 1.85 bits per heavy atom. The van der Waals surface area contributed by atoms with Gasteiger partial charge in [-0.1, -0.05) is 17.4 Å². The zero-order chi connectivity index (χ0) is 18.5. The van der Waals surface area contributed by atoms with Crippen molar-refractivity contribution >= 4 is 39.5 Å². The first kappa shape index (κ1) is 18.5. The summed E-state index contributed by atoms with van der Waals surface area (Å²) in [6.45, 7) is 1.94. The number of carbonyl (C=O) groups is 2. The molecule has 0 radical (unpaired) electrons. The Labute approximate surface area is 159 Å². The highest BCUT2D eigenvalue weighted by molar-refractivity contribution is 7.17. The van der Waals surface area contributed by atoms with Crippen molar-refractivity contribution in [3.63, 3.8) is 0 Å². The minimum absolute atomic E-state index is 0.0343. The van der Waals surface area contributed by atoms with Gasteiger partial charge in [0.15, 0.2) is 0 Å². The van der Waals surface area contributed by atoms with Gasteiger partial charge in [-0.25, -0.2) is 0 Å². The summed E-state index contributed by atoms with van der Waals surface area (Å²) in [6.07, 6.45) is 2.26. The van der Waals surface area contributed by atoms with Gasteiger partial charge in [-0.15, -0.1) is 11.3 Å². The number of hydrogen-bond acceptors (Lipinski definition) is 6. The maximum Gasteiger partial charge on any atom is 0.324 e. The molecule has 3 rings (SSSR count). The molecule has 1 saturated heterocycles. The maximum atomic E-state index is 12.4. The predicted molar refractivity (Wildman–Crippen MR) is 101 cm³/mol. The third kappa shape index (κ3) is 4.47. The van der Waals surface area contributed by atoms with E-state index < -0.39 is 4.92 Å². The minimum Gasteiger partial charge on any atom is -0.339 e. The monoisotopic (exact) mass is 393 g/mol. The summed E-state index contributed by atoms with van der Waals surface area (Å²) < 4.78 is 0. The number of hydrogen-bond donors (Lipinski definition) is 0. The van der Waals surface area contributed by atoms with Crippen molar-refractivity contribution in [2.24, 2.45) is 0 Å². The van der Waals surface area contributed by atoms with Crippen LogP contribution >= 0.6 is 22.7 Å². The topological polar surface area (TPSA) is 83.8 Å². The van der Waals surface area contributed by atoms with Crippen LogP contribution < -0.4 is 0 Å². The summed E-state index contributed by atoms with van der Waals surface area (Å²) in [6, 6.07) is 6.94. The molecule has 0 bridgehead atoms. The fraction of sp³-hybridized carbons (Fsp3) is 0.412. The van der Waals surface area contributed by atoms with Gasteiger partial charge in [0.25, 0.3) is 5.91 Å². The number of rotatable bonds is 6. The molecule has 7 nitrogen and oxygen atoms in total. The average molecular weight is 393 g/mol. The van der Waals surface area contributed by atoms with Gasteiger partial charge < -0.3 is 9.80 Å². The maximum absolute atomic E-state index is 12.4. The zero-order valence-corrected chi connectivity index (χ0v) is 15.8. The lowest BCUT2D eigenvalue weighted by molar-refractivity contribution is -0.380. The van der Waals surface area contributed by atoms with Gasteiger partial charge in [0.05, 0.1) is 9.80 Å². The van der Waals surface area contributed by atoms with E-state index in [0.29, 0.717) is 37.5 Å². The van der Waals surface area contributed by atoms with Gasteiger partial charge in [0.1, 0.15) is 0 Å². The van der Waals surface area contributed by atoms with Crippen LogP contribution in [-0.2, 0) is 11.2 Å². The lowest BCUT2D eigenvalue weighted by Crippen LogP contribution is -2.50. The Kier molecular flexibility index (Phi) is 6.00. The molecule has 0 unspecified atom stereocenters. The van der Waals surface area contributed by atoms with Crippen LogP contribution in [0, 0.1) is 10.1 Å². The Morgan fingerprint density at radius 1 is 1.12 bits per heavy atom. The summed E-state index contributed by atoms with van der Waals surface area (Å²) in [4.78, 5) is 40.1. The highest BCUT2D eigenvalue weighted by atomic mass is 32.1. The highest BCUT2D eigenvalue weighted by Gasteiger charge is 2.26. The van der Waals surface area contributed by atoms with Gasteiger partial charge in [-0.2, -0.15) is 0 Å². The largest absolute Gasteiger partial charge is 0.339 e. The standard InChI is InChI=1S/C17H19N3O4S2/c21-15(5-1-3-13-4-2-12-25-13)18-8-10-19(11-9-18)17(22)14-6-7-16(26-14)20(23)24/h2,4,6-7,12H,1,3,5,8-11H2. The second-order valence-corrected chi connectivity index (χ2v) is 8.10. The number of thiophene rings is 2. The van der Waals surface area contributed by atoms with Crippen molar-refractivity contribution in [1.82, 2.24) is 9.80 Å². The van der Waals surface area contributed by atoms with Crippen LogP contribution in [0.4, 0.5) is 5.00 Å². The molecule has 1 aliphatic heterocycles. The third-order valence-corrected chi connectivity index (χ3v) is 6.26. The molecule has 2 amide bonds. The van der Waals surface area contributed by atoms with Crippen molar-refractivity contribution in [2.75, 3.05) is 26.2 Å². The highest BCUT2D eigenvalue weighted by Crippen LogP contribution is 2.25. The Balaban J connectivity index is 1.44. The van der Waals surface area contributed by atoms with Crippen LogP contribution in [0.25, 0.3) is 0 Å². The van der Waals surface area contributed by atoms with E-state index in [0.717, 1.165) is 24.2 Å². The average Bonchev–Trinajstić information content (AvgIpc) is 3.33. The van der Waals surface area contributed by atoms with E-state index in [4.69, 9.17) is 0 Å². The van der Waals surface area contributed by atoms with Crippen molar-refractivity contribution in [3.05, 3.63) is 49.5 Å². The van der Waals surface area contributed by atoms with Crippen molar-refractivity contribution in [1.29, 1.82) is 0 Å². The lowest BCUT2D eigenvalue weighted by Gasteiger charge is -2.34. The molecule has 138 valence electrons. The number of nitrogens with zero attached hydrogens (tertiary/aromatic N) is 3. The summed E-state index contributed by atoms with van der Waals surface area (Å²) in [5, 5.41) is 12.7. The first-order valence-electron chi connectivity index (χ1n) is 8.38. The molecule has 2 aromatic rings. The molecular weight excluding hydrogens is 374 g/mol. The molecule has 0 atom stereocenters. The van der Waals surface area contributed by atoms with Crippen molar-refractivity contribution < 1.29 is 14.5 Å². The molecule has 26 heavy (non-hydrogen) atoms. The SMILES string of the molecule is O=C(CCCc1cccs1)N1CCN(C(=O)c2ccc([N+](=O)[O-])s2)CC1.